The molecule has 0 fully saturated rings. The molecule has 0 unspecified atom stereocenters. The second-order valence-electron chi connectivity index (χ2n) is 4.35. The normalized spacial score (nSPS) is 11.9. The van der Waals surface area contributed by atoms with E-state index in [0.717, 1.165) is 0 Å². The molecule has 3 aromatic rings. The average Bonchev–Trinajstić information content (AvgIpc) is 3.12. The molecule has 0 bridgehead atoms. The third kappa shape index (κ3) is 2.50. The highest BCUT2D eigenvalue weighted by molar-refractivity contribution is 7.89. The molecule has 21 heavy (non-hydrogen) atoms. The maximum absolute atomic E-state index is 12.5. The van der Waals surface area contributed by atoms with Crippen LogP contribution in [0, 0.1) is 0 Å². The van der Waals surface area contributed by atoms with Crippen molar-refractivity contribution in [1.29, 1.82) is 0 Å². The molecular formula is C13H14N4O3S. The molecule has 3 aromatic heterocycles. The van der Waals surface area contributed by atoms with Gasteiger partial charge in [-0.15, -0.1) is 0 Å². The predicted molar refractivity (Wildman–Crippen MR) is 77.5 cm³/mol. The summed E-state index contributed by atoms with van der Waals surface area (Å²) in [6.07, 6.45) is 3.15. The van der Waals surface area contributed by atoms with Crippen LogP contribution in [0.25, 0.3) is 5.65 Å². The monoisotopic (exact) mass is 306 g/mol. The van der Waals surface area contributed by atoms with Crippen LogP contribution >= 0.6 is 0 Å². The zero-order valence-electron chi connectivity index (χ0n) is 11.3. The summed E-state index contributed by atoms with van der Waals surface area (Å²) in [6.45, 7) is 0.0819. The fraction of sp³-hybridized carbons (Fsp3) is 0.154. The molecule has 0 atom stereocenters. The number of nitrogens with one attached hydrogen (secondary N) is 2. The minimum atomic E-state index is -3.73. The first-order valence-electron chi connectivity index (χ1n) is 6.29. The Labute approximate surface area is 121 Å². The molecule has 3 heterocycles. The number of nitrogens with zero attached hydrogens (tertiary/aromatic N) is 2. The minimum absolute atomic E-state index is 0.0761. The summed E-state index contributed by atoms with van der Waals surface area (Å²) < 4.78 is 34.2. The van der Waals surface area contributed by atoms with Gasteiger partial charge >= 0.3 is 0 Å². The molecule has 0 saturated carbocycles. The third-order valence-corrected chi connectivity index (χ3v) is 4.42. The molecule has 110 valence electrons. The number of furan rings is 1. The van der Waals surface area contributed by atoms with Gasteiger partial charge in [0.05, 0.1) is 12.8 Å². The highest BCUT2D eigenvalue weighted by Gasteiger charge is 2.24. The summed E-state index contributed by atoms with van der Waals surface area (Å²) in [5, 5.41) is 2.89. The third-order valence-electron chi connectivity index (χ3n) is 2.99. The largest absolute Gasteiger partial charge is 0.468 e. The van der Waals surface area contributed by atoms with Crippen molar-refractivity contribution in [1.82, 2.24) is 14.1 Å². The number of anilines is 1. The first-order valence-corrected chi connectivity index (χ1v) is 7.77. The summed E-state index contributed by atoms with van der Waals surface area (Å²) in [5.74, 6) is 0.839. The van der Waals surface area contributed by atoms with Crippen molar-refractivity contribution in [2.24, 2.45) is 0 Å². The van der Waals surface area contributed by atoms with E-state index < -0.39 is 10.0 Å². The Bertz CT molecular complexity index is 853. The minimum Gasteiger partial charge on any atom is -0.468 e. The van der Waals surface area contributed by atoms with Gasteiger partial charge in [0.2, 0.25) is 0 Å². The van der Waals surface area contributed by atoms with Gasteiger partial charge in [0.25, 0.3) is 10.0 Å². The van der Waals surface area contributed by atoms with E-state index in [-0.39, 0.29) is 11.6 Å². The van der Waals surface area contributed by atoms with E-state index in [1.54, 1.807) is 43.6 Å². The smallest absolute Gasteiger partial charge is 0.260 e. The SMILES string of the molecule is CNc1nc2ccccn2c1S(=O)(=O)NCc1ccco1. The molecule has 0 spiro atoms. The average molecular weight is 306 g/mol. The molecule has 2 N–H and O–H groups in total. The van der Waals surface area contributed by atoms with E-state index in [2.05, 4.69) is 15.0 Å². The zero-order valence-corrected chi connectivity index (χ0v) is 12.1. The molecule has 0 radical (unpaired) electrons. The number of aromatic nitrogens is 2. The van der Waals surface area contributed by atoms with Gasteiger partial charge in [-0.1, -0.05) is 6.07 Å². The van der Waals surface area contributed by atoms with Crippen LogP contribution in [0.3, 0.4) is 0 Å². The standard InChI is InChI=1S/C13H14N4O3S/c1-14-12-13(17-7-3-2-6-11(17)16-12)21(18,19)15-9-10-5-4-8-20-10/h2-8,14-15H,9H2,1H3. The van der Waals surface area contributed by atoms with E-state index in [1.165, 1.54) is 10.7 Å². The number of hydrogen-bond donors (Lipinski definition) is 2. The van der Waals surface area contributed by atoms with Gasteiger partial charge in [-0.05, 0) is 24.3 Å². The number of pyridine rings is 1. The second-order valence-corrected chi connectivity index (χ2v) is 6.03. The topological polar surface area (TPSA) is 88.6 Å². The van der Waals surface area contributed by atoms with Crippen LogP contribution in [0.5, 0.6) is 0 Å². The van der Waals surface area contributed by atoms with E-state index in [1.807, 2.05) is 0 Å². The van der Waals surface area contributed by atoms with Crippen molar-refractivity contribution in [2.75, 3.05) is 12.4 Å². The molecule has 3 rings (SSSR count). The lowest BCUT2D eigenvalue weighted by molar-refractivity contribution is 0.498. The highest BCUT2D eigenvalue weighted by atomic mass is 32.2. The van der Waals surface area contributed by atoms with E-state index in [0.29, 0.717) is 17.2 Å². The molecule has 0 aliphatic carbocycles. The van der Waals surface area contributed by atoms with Crippen molar-refractivity contribution in [3.8, 4) is 0 Å². The number of fused-ring (bicyclic) bond motifs is 1. The van der Waals surface area contributed by atoms with Crippen molar-refractivity contribution in [2.45, 2.75) is 11.6 Å². The van der Waals surface area contributed by atoms with E-state index >= 15 is 0 Å². The lowest BCUT2D eigenvalue weighted by atomic mass is 10.5. The number of hydrogen-bond acceptors (Lipinski definition) is 5. The molecule has 8 heteroatoms. The first kappa shape index (κ1) is 13.7. The molecule has 7 nitrogen and oxygen atoms in total. The molecular weight excluding hydrogens is 292 g/mol. The summed E-state index contributed by atoms with van der Waals surface area (Å²) in [7, 11) is -2.10. The lowest BCUT2D eigenvalue weighted by Crippen LogP contribution is -2.25. The van der Waals surface area contributed by atoms with Crippen LogP contribution in [-0.2, 0) is 16.6 Å². The maximum atomic E-state index is 12.5. The van der Waals surface area contributed by atoms with Crippen LogP contribution in [0.2, 0.25) is 0 Å². The number of imidazole rings is 1. The number of sulfonamides is 1. The predicted octanol–water partition coefficient (Wildman–Crippen LogP) is 1.45. The number of rotatable bonds is 5. The summed E-state index contributed by atoms with van der Waals surface area (Å²) in [4.78, 5) is 4.25. The molecule has 0 aliphatic rings. The Morgan fingerprint density at radius 1 is 1.29 bits per heavy atom. The Kier molecular flexibility index (Phi) is 3.40. The Morgan fingerprint density at radius 2 is 2.14 bits per heavy atom. The first-order chi connectivity index (χ1) is 10.1. The van der Waals surface area contributed by atoms with Gasteiger partial charge in [0.15, 0.2) is 10.8 Å². The van der Waals surface area contributed by atoms with Gasteiger partial charge < -0.3 is 9.73 Å². The van der Waals surface area contributed by atoms with Gasteiger partial charge in [-0.25, -0.2) is 18.1 Å². The quantitative estimate of drug-likeness (QED) is 0.745. The van der Waals surface area contributed by atoms with E-state index in [4.69, 9.17) is 4.42 Å². The van der Waals surface area contributed by atoms with Gasteiger partial charge in [-0.3, -0.25) is 4.40 Å². The van der Waals surface area contributed by atoms with E-state index in [9.17, 15) is 8.42 Å². The van der Waals surface area contributed by atoms with Crippen LogP contribution < -0.4 is 10.0 Å². The second kappa shape index (κ2) is 5.23. The van der Waals surface area contributed by atoms with Crippen molar-refractivity contribution in [3.05, 3.63) is 48.6 Å². The van der Waals surface area contributed by atoms with Gasteiger partial charge in [-0.2, -0.15) is 0 Å². The maximum Gasteiger partial charge on any atom is 0.260 e. The highest BCUT2D eigenvalue weighted by Crippen LogP contribution is 2.22. The Morgan fingerprint density at radius 3 is 2.86 bits per heavy atom. The van der Waals surface area contributed by atoms with Gasteiger partial charge in [0.1, 0.15) is 11.4 Å². The van der Waals surface area contributed by atoms with Crippen molar-refractivity contribution in [3.63, 3.8) is 0 Å². The van der Waals surface area contributed by atoms with Gasteiger partial charge in [0, 0.05) is 13.2 Å². The molecule has 0 amide bonds. The lowest BCUT2D eigenvalue weighted by Gasteiger charge is -2.07. The molecule has 0 aromatic carbocycles. The fourth-order valence-electron chi connectivity index (χ4n) is 2.04. The molecule has 0 saturated heterocycles. The Balaban J connectivity index is 2.01. The van der Waals surface area contributed by atoms with Crippen LogP contribution in [0.1, 0.15) is 5.76 Å². The Hall–Kier alpha value is -2.32. The van der Waals surface area contributed by atoms with Crippen LogP contribution in [0.15, 0.2) is 52.2 Å². The summed E-state index contributed by atoms with van der Waals surface area (Å²) >= 11 is 0. The summed E-state index contributed by atoms with van der Waals surface area (Å²) in [6, 6.07) is 8.70. The van der Waals surface area contributed by atoms with Crippen molar-refractivity contribution >= 4 is 21.5 Å². The van der Waals surface area contributed by atoms with Crippen molar-refractivity contribution < 1.29 is 12.8 Å². The molecule has 0 aliphatic heterocycles. The zero-order chi connectivity index (χ0) is 14.9. The fourth-order valence-corrected chi connectivity index (χ4v) is 3.33. The van der Waals surface area contributed by atoms with Crippen LogP contribution in [-0.4, -0.2) is 24.9 Å². The summed E-state index contributed by atoms with van der Waals surface area (Å²) in [5.41, 5.74) is 0.556. The van der Waals surface area contributed by atoms with Crippen LogP contribution in [0.4, 0.5) is 5.82 Å².